The molecular formula is C13H18ClNO2S. The lowest BCUT2D eigenvalue weighted by Crippen LogP contribution is -2.07. The summed E-state index contributed by atoms with van der Waals surface area (Å²) in [5.74, 6) is 0.244. The molecule has 0 spiro atoms. The van der Waals surface area contributed by atoms with Gasteiger partial charge in [-0.05, 0) is 43.0 Å². The molecule has 0 unspecified atom stereocenters. The molecule has 0 fully saturated rings. The number of halogens is 1. The van der Waals surface area contributed by atoms with Crippen molar-refractivity contribution in [2.45, 2.75) is 19.3 Å². The summed E-state index contributed by atoms with van der Waals surface area (Å²) in [7, 11) is 0. The van der Waals surface area contributed by atoms with E-state index in [1.807, 2.05) is 11.8 Å². The van der Waals surface area contributed by atoms with Crippen LogP contribution in [0.25, 0.3) is 0 Å². The van der Waals surface area contributed by atoms with Gasteiger partial charge in [-0.1, -0.05) is 18.0 Å². The molecule has 0 aliphatic rings. The van der Waals surface area contributed by atoms with E-state index in [1.54, 1.807) is 12.1 Å². The minimum atomic E-state index is -0.934. The first kappa shape index (κ1) is 15.2. The van der Waals surface area contributed by atoms with Crippen molar-refractivity contribution in [2.24, 2.45) is 0 Å². The number of aromatic carboxylic acids is 1. The van der Waals surface area contributed by atoms with Gasteiger partial charge in [0.1, 0.15) is 0 Å². The minimum absolute atomic E-state index is 0.267. The fourth-order valence-electron chi connectivity index (χ4n) is 1.62. The maximum absolute atomic E-state index is 11.0. The molecule has 1 aromatic carbocycles. The summed E-state index contributed by atoms with van der Waals surface area (Å²) in [5.41, 5.74) is 0.864. The summed E-state index contributed by atoms with van der Waals surface area (Å²) in [4.78, 5) is 11.0. The Hall–Kier alpha value is -0.870. The van der Waals surface area contributed by atoms with Gasteiger partial charge in [0.05, 0.1) is 11.3 Å². The predicted octanol–water partition coefficient (Wildman–Crippen LogP) is 3.98. The van der Waals surface area contributed by atoms with Crippen LogP contribution in [-0.2, 0) is 0 Å². The molecule has 0 aromatic heterocycles. The first-order chi connectivity index (χ1) is 8.65. The largest absolute Gasteiger partial charge is 0.478 e. The smallest absolute Gasteiger partial charge is 0.337 e. The predicted molar refractivity (Wildman–Crippen MR) is 79.1 cm³/mol. The third-order valence-electron chi connectivity index (χ3n) is 2.55. The van der Waals surface area contributed by atoms with Gasteiger partial charge in [0.15, 0.2) is 0 Å². The van der Waals surface area contributed by atoms with Gasteiger partial charge in [-0.3, -0.25) is 0 Å². The van der Waals surface area contributed by atoms with Crippen LogP contribution in [0, 0.1) is 0 Å². The number of benzene rings is 1. The van der Waals surface area contributed by atoms with Crippen LogP contribution in [0.3, 0.4) is 0 Å². The molecule has 1 rings (SSSR count). The Morgan fingerprint density at radius 2 is 2.17 bits per heavy atom. The van der Waals surface area contributed by atoms with Crippen LogP contribution < -0.4 is 5.32 Å². The van der Waals surface area contributed by atoms with Crippen molar-refractivity contribution >= 4 is 35.0 Å². The molecule has 5 heteroatoms. The van der Waals surface area contributed by atoms with Crippen molar-refractivity contribution in [1.29, 1.82) is 0 Å². The highest BCUT2D eigenvalue weighted by atomic mass is 35.5. The fraction of sp³-hybridized carbons (Fsp3) is 0.462. The van der Waals surface area contributed by atoms with Crippen molar-refractivity contribution in [1.82, 2.24) is 0 Å². The molecular weight excluding hydrogens is 270 g/mol. The van der Waals surface area contributed by atoms with Gasteiger partial charge >= 0.3 is 5.97 Å². The molecule has 0 saturated heterocycles. The Bertz CT molecular complexity index is 399. The molecule has 0 aliphatic carbocycles. The number of unbranched alkanes of at least 4 members (excludes halogenated alkanes) is 2. The van der Waals surface area contributed by atoms with Crippen LogP contribution in [0.15, 0.2) is 18.2 Å². The maximum Gasteiger partial charge on any atom is 0.337 e. The fourth-order valence-corrected chi connectivity index (χ4v) is 2.29. The molecule has 100 valence electrons. The summed E-state index contributed by atoms with van der Waals surface area (Å²) in [6.45, 7) is 0.773. The Morgan fingerprint density at radius 3 is 2.83 bits per heavy atom. The molecule has 2 N–H and O–H groups in total. The average Bonchev–Trinajstić information content (AvgIpc) is 2.33. The zero-order chi connectivity index (χ0) is 13.4. The highest BCUT2D eigenvalue weighted by Crippen LogP contribution is 2.21. The van der Waals surface area contributed by atoms with E-state index in [1.165, 1.54) is 18.2 Å². The number of hydrogen-bond donors (Lipinski definition) is 2. The van der Waals surface area contributed by atoms with Gasteiger partial charge in [-0.2, -0.15) is 11.8 Å². The SMILES string of the molecule is CSCCCCCNc1cc(Cl)ccc1C(=O)O. The third-order valence-corrected chi connectivity index (χ3v) is 3.48. The highest BCUT2D eigenvalue weighted by molar-refractivity contribution is 7.98. The minimum Gasteiger partial charge on any atom is -0.478 e. The van der Waals surface area contributed by atoms with Crippen molar-refractivity contribution < 1.29 is 9.90 Å². The molecule has 0 atom stereocenters. The second-order valence-corrected chi connectivity index (χ2v) is 5.40. The molecule has 0 bridgehead atoms. The summed E-state index contributed by atoms with van der Waals surface area (Å²) >= 11 is 7.72. The van der Waals surface area contributed by atoms with Crippen LogP contribution >= 0.6 is 23.4 Å². The number of carbonyl (C=O) groups is 1. The van der Waals surface area contributed by atoms with E-state index >= 15 is 0 Å². The zero-order valence-corrected chi connectivity index (χ0v) is 12.0. The van der Waals surface area contributed by atoms with Gasteiger partial charge in [0, 0.05) is 11.6 Å². The quantitative estimate of drug-likeness (QED) is 0.710. The lowest BCUT2D eigenvalue weighted by atomic mass is 10.1. The zero-order valence-electron chi connectivity index (χ0n) is 10.4. The van der Waals surface area contributed by atoms with Crippen LogP contribution in [-0.4, -0.2) is 29.6 Å². The lowest BCUT2D eigenvalue weighted by Gasteiger charge is -2.09. The van der Waals surface area contributed by atoms with Gasteiger partial charge in [0.25, 0.3) is 0 Å². The van der Waals surface area contributed by atoms with Crippen molar-refractivity contribution in [3.05, 3.63) is 28.8 Å². The molecule has 0 heterocycles. The van der Waals surface area contributed by atoms with E-state index in [0.29, 0.717) is 10.7 Å². The summed E-state index contributed by atoms with van der Waals surface area (Å²) < 4.78 is 0. The van der Waals surface area contributed by atoms with E-state index < -0.39 is 5.97 Å². The summed E-state index contributed by atoms with van der Waals surface area (Å²) in [6, 6.07) is 4.78. The van der Waals surface area contributed by atoms with Crippen molar-refractivity contribution in [2.75, 3.05) is 23.9 Å². The molecule has 0 radical (unpaired) electrons. The van der Waals surface area contributed by atoms with Crippen molar-refractivity contribution in [3.63, 3.8) is 0 Å². The molecule has 0 amide bonds. The number of carboxylic acids is 1. The second kappa shape index (κ2) is 8.27. The van der Waals surface area contributed by atoms with Crippen LogP contribution in [0.5, 0.6) is 0 Å². The van der Waals surface area contributed by atoms with Crippen molar-refractivity contribution in [3.8, 4) is 0 Å². The molecule has 0 saturated carbocycles. The second-order valence-electron chi connectivity index (χ2n) is 3.98. The maximum atomic E-state index is 11.0. The monoisotopic (exact) mass is 287 g/mol. The lowest BCUT2D eigenvalue weighted by molar-refractivity contribution is 0.0698. The van der Waals surface area contributed by atoms with Crippen LogP contribution in [0.4, 0.5) is 5.69 Å². The molecule has 3 nitrogen and oxygen atoms in total. The van der Waals surface area contributed by atoms with Gasteiger partial charge < -0.3 is 10.4 Å². The Morgan fingerprint density at radius 1 is 1.39 bits per heavy atom. The molecule has 0 aliphatic heterocycles. The number of carboxylic acid groups (broad SMARTS) is 1. The van der Waals surface area contributed by atoms with E-state index in [-0.39, 0.29) is 5.56 Å². The van der Waals surface area contributed by atoms with Gasteiger partial charge in [-0.25, -0.2) is 4.79 Å². The van der Waals surface area contributed by atoms with E-state index in [0.717, 1.165) is 19.4 Å². The van der Waals surface area contributed by atoms with E-state index in [2.05, 4.69) is 11.6 Å². The molecule has 18 heavy (non-hydrogen) atoms. The number of anilines is 1. The number of thioether (sulfide) groups is 1. The first-order valence-corrected chi connectivity index (χ1v) is 7.68. The topological polar surface area (TPSA) is 49.3 Å². The van der Waals surface area contributed by atoms with Crippen LogP contribution in [0.1, 0.15) is 29.6 Å². The van der Waals surface area contributed by atoms with Gasteiger partial charge in [-0.15, -0.1) is 0 Å². The Balaban J connectivity index is 2.45. The number of nitrogens with one attached hydrogen (secondary N) is 1. The normalized spacial score (nSPS) is 10.3. The standard InChI is InChI=1S/C13H18ClNO2S/c1-18-8-4-2-3-7-15-12-9-10(14)5-6-11(12)13(16)17/h5-6,9,15H,2-4,7-8H2,1H3,(H,16,17). The Labute approximate surface area is 117 Å². The average molecular weight is 288 g/mol. The van der Waals surface area contributed by atoms with Gasteiger partial charge in [0.2, 0.25) is 0 Å². The van der Waals surface area contributed by atoms with E-state index in [4.69, 9.17) is 16.7 Å². The number of hydrogen-bond acceptors (Lipinski definition) is 3. The van der Waals surface area contributed by atoms with Crippen LogP contribution in [0.2, 0.25) is 5.02 Å². The number of rotatable bonds is 8. The van der Waals surface area contributed by atoms with E-state index in [9.17, 15) is 4.79 Å². The highest BCUT2D eigenvalue weighted by Gasteiger charge is 2.09. The Kier molecular flexibility index (Phi) is 6.98. The molecule has 1 aromatic rings. The summed E-state index contributed by atoms with van der Waals surface area (Å²) in [5, 5.41) is 12.7. The third kappa shape index (κ3) is 5.19. The first-order valence-electron chi connectivity index (χ1n) is 5.91. The summed E-state index contributed by atoms with van der Waals surface area (Å²) in [6.07, 6.45) is 5.48.